The van der Waals surface area contributed by atoms with Crippen LogP contribution in [0, 0.1) is 0 Å². The van der Waals surface area contributed by atoms with Crippen LogP contribution in [0.15, 0.2) is 18.7 Å². The number of hydrogen-bond acceptors (Lipinski definition) is 5. The third-order valence-corrected chi connectivity index (χ3v) is 2.58. The van der Waals surface area contributed by atoms with E-state index in [4.69, 9.17) is 5.73 Å². The fourth-order valence-electron chi connectivity index (χ4n) is 1.49. The van der Waals surface area contributed by atoms with Crippen LogP contribution in [0.2, 0.25) is 0 Å². The van der Waals surface area contributed by atoms with Gasteiger partial charge >= 0.3 is 0 Å². The highest BCUT2D eigenvalue weighted by Gasteiger charge is 2.12. The van der Waals surface area contributed by atoms with Crippen LogP contribution < -0.4 is 5.73 Å². The Morgan fingerprint density at radius 2 is 2.28 bits per heavy atom. The first-order chi connectivity index (χ1) is 8.56. The molecule has 8 heteroatoms. The van der Waals surface area contributed by atoms with E-state index in [-0.39, 0.29) is 18.4 Å². The lowest BCUT2D eigenvalue weighted by atomic mass is 10.4. The van der Waals surface area contributed by atoms with E-state index in [0.29, 0.717) is 6.54 Å². The Hall–Kier alpha value is -2.38. The zero-order chi connectivity index (χ0) is 13.1. The van der Waals surface area contributed by atoms with Crippen molar-refractivity contribution in [3.8, 4) is 0 Å². The number of aromatic nitrogens is 5. The Balaban J connectivity index is 1.95. The molecule has 2 rings (SSSR count). The van der Waals surface area contributed by atoms with Gasteiger partial charge in [-0.25, -0.2) is 14.6 Å². The first-order valence-electron chi connectivity index (χ1n) is 5.41. The third-order valence-electron chi connectivity index (χ3n) is 2.58. The molecule has 2 aromatic heterocycles. The highest BCUT2D eigenvalue weighted by atomic mass is 16.2. The topological polar surface area (TPSA) is 94.9 Å². The van der Waals surface area contributed by atoms with Crippen LogP contribution in [-0.2, 0) is 24.9 Å². The Morgan fingerprint density at radius 1 is 1.50 bits per heavy atom. The summed E-state index contributed by atoms with van der Waals surface area (Å²) < 4.78 is 3.28. The van der Waals surface area contributed by atoms with E-state index in [1.807, 2.05) is 17.8 Å². The smallest absolute Gasteiger partial charge is 0.244 e. The molecule has 2 heterocycles. The Bertz CT molecular complexity index is 544. The maximum atomic E-state index is 11.9. The van der Waals surface area contributed by atoms with E-state index < -0.39 is 0 Å². The van der Waals surface area contributed by atoms with Crippen LogP contribution in [0.25, 0.3) is 0 Å². The second kappa shape index (κ2) is 4.86. The first kappa shape index (κ1) is 12.1. The van der Waals surface area contributed by atoms with Crippen molar-refractivity contribution in [1.29, 1.82) is 0 Å². The van der Waals surface area contributed by atoms with Gasteiger partial charge in [0, 0.05) is 26.5 Å². The fourth-order valence-corrected chi connectivity index (χ4v) is 1.49. The average molecular weight is 249 g/mol. The van der Waals surface area contributed by atoms with Crippen LogP contribution in [0.3, 0.4) is 0 Å². The molecule has 0 atom stereocenters. The molecular weight excluding hydrogens is 234 g/mol. The molecule has 0 aliphatic heterocycles. The Morgan fingerprint density at radius 3 is 2.83 bits per heavy atom. The number of imidazole rings is 1. The van der Waals surface area contributed by atoms with Gasteiger partial charge in [-0.3, -0.25) is 4.79 Å². The molecule has 0 bridgehead atoms. The van der Waals surface area contributed by atoms with E-state index in [2.05, 4.69) is 15.1 Å². The average Bonchev–Trinajstić information content (AvgIpc) is 2.89. The molecule has 0 aliphatic rings. The maximum absolute atomic E-state index is 11.9. The van der Waals surface area contributed by atoms with E-state index >= 15 is 0 Å². The van der Waals surface area contributed by atoms with Gasteiger partial charge < -0.3 is 15.2 Å². The van der Waals surface area contributed by atoms with Crippen molar-refractivity contribution in [3.63, 3.8) is 0 Å². The molecule has 0 radical (unpaired) electrons. The van der Waals surface area contributed by atoms with Gasteiger partial charge in [0.25, 0.3) is 0 Å². The minimum atomic E-state index is -0.0806. The molecular formula is C10H15N7O. The molecule has 0 saturated carbocycles. The van der Waals surface area contributed by atoms with E-state index in [9.17, 15) is 4.79 Å². The number of nitrogen functional groups attached to an aromatic ring is 1. The monoisotopic (exact) mass is 249 g/mol. The fraction of sp³-hybridized carbons (Fsp3) is 0.400. The van der Waals surface area contributed by atoms with Crippen molar-refractivity contribution < 1.29 is 4.79 Å². The molecule has 2 aromatic rings. The highest BCUT2D eigenvalue weighted by molar-refractivity contribution is 5.75. The van der Waals surface area contributed by atoms with Crippen molar-refractivity contribution in [2.75, 3.05) is 12.8 Å². The zero-order valence-electron chi connectivity index (χ0n) is 10.3. The molecule has 1 amide bonds. The molecule has 0 spiro atoms. The Labute approximate surface area is 104 Å². The van der Waals surface area contributed by atoms with E-state index in [1.165, 1.54) is 11.0 Å². The lowest BCUT2D eigenvalue weighted by molar-refractivity contribution is -0.131. The van der Waals surface area contributed by atoms with E-state index in [0.717, 1.165) is 5.82 Å². The summed E-state index contributed by atoms with van der Waals surface area (Å²) in [5.74, 6) is 0.904. The van der Waals surface area contributed by atoms with Gasteiger partial charge in [0.2, 0.25) is 11.9 Å². The van der Waals surface area contributed by atoms with Crippen molar-refractivity contribution in [3.05, 3.63) is 24.5 Å². The molecule has 18 heavy (non-hydrogen) atoms. The number of carbonyl (C=O) groups excluding carboxylic acids is 1. The number of hydrogen-bond donors (Lipinski definition) is 1. The van der Waals surface area contributed by atoms with E-state index in [1.54, 1.807) is 18.1 Å². The summed E-state index contributed by atoms with van der Waals surface area (Å²) in [7, 11) is 3.61. The van der Waals surface area contributed by atoms with Gasteiger partial charge in [0.15, 0.2) is 0 Å². The number of amides is 1. The van der Waals surface area contributed by atoms with Crippen LogP contribution in [-0.4, -0.2) is 42.2 Å². The second-order valence-electron chi connectivity index (χ2n) is 4.00. The zero-order valence-corrected chi connectivity index (χ0v) is 10.3. The van der Waals surface area contributed by atoms with Crippen LogP contribution >= 0.6 is 0 Å². The Kier molecular flexibility index (Phi) is 3.26. The summed E-state index contributed by atoms with van der Waals surface area (Å²) in [5.41, 5.74) is 5.38. The van der Waals surface area contributed by atoms with Crippen molar-refractivity contribution in [2.24, 2.45) is 7.05 Å². The summed E-state index contributed by atoms with van der Waals surface area (Å²) in [6, 6.07) is 0. The molecule has 0 saturated heterocycles. The standard InChI is InChI=1S/C10H15N7O/c1-15-4-3-12-8(15)5-16(2)9(18)6-17-7-13-10(11)14-17/h3-4,7H,5-6H2,1-2H3,(H2,11,14). The minimum absolute atomic E-state index is 0.0806. The van der Waals surface area contributed by atoms with Crippen molar-refractivity contribution in [2.45, 2.75) is 13.1 Å². The minimum Gasteiger partial charge on any atom is -0.367 e. The number of anilines is 1. The maximum Gasteiger partial charge on any atom is 0.244 e. The summed E-state index contributed by atoms with van der Waals surface area (Å²) in [6.07, 6.45) is 4.97. The number of nitrogens with zero attached hydrogens (tertiary/aromatic N) is 6. The van der Waals surface area contributed by atoms with Crippen LogP contribution in [0.1, 0.15) is 5.82 Å². The molecule has 0 fully saturated rings. The molecule has 0 unspecified atom stereocenters. The largest absolute Gasteiger partial charge is 0.367 e. The van der Waals surface area contributed by atoms with Crippen molar-refractivity contribution in [1.82, 2.24) is 29.2 Å². The summed E-state index contributed by atoms with van der Waals surface area (Å²) >= 11 is 0. The van der Waals surface area contributed by atoms with Crippen LogP contribution in [0.5, 0.6) is 0 Å². The number of rotatable bonds is 4. The summed E-state index contributed by atoms with van der Waals surface area (Å²) in [5, 5.41) is 3.86. The van der Waals surface area contributed by atoms with Gasteiger partial charge in [0.05, 0.1) is 6.54 Å². The quantitative estimate of drug-likeness (QED) is 0.769. The number of aryl methyl sites for hydroxylation is 1. The van der Waals surface area contributed by atoms with Gasteiger partial charge in [-0.15, -0.1) is 5.10 Å². The highest BCUT2D eigenvalue weighted by Crippen LogP contribution is 2.01. The summed E-state index contributed by atoms with van der Waals surface area (Å²) in [6.45, 7) is 0.567. The molecule has 0 aliphatic carbocycles. The molecule has 8 nitrogen and oxygen atoms in total. The molecule has 96 valence electrons. The van der Waals surface area contributed by atoms with Crippen molar-refractivity contribution >= 4 is 11.9 Å². The van der Waals surface area contributed by atoms with Gasteiger partial charge in [0.1, 0.15) is 18.7 Å². The van der Waals surface area contributed by atoms with Gasteiger partial charge in [-0.1, -0.05) is 0 Å². The third kappa shape index (κ3) is 2.65. The van der Waals surface area contributed by atoms with Gasteiger partial charge in [-0.2, -0.15) is 0 Å². The number of carbonyl (C=O) groups is 1. The SMILES string of the molecule is CN(Cc1nccn1C)C(=O)Cn1cnc(N)n1. The second-order valence-corrected chi connectivity index (χ2v) is 4.00. The summed E-state index contributed by atoms with van der Waals surface area (Å²) in [4.78, 5) is 21.4. The predicted octanol–water partition coefficient (Wildman–Crippen LogP) is -0.748. The number of likely N-dealkylation sites (N-methyl/N-ethyl adjacent to an activating group) is 1. The normalized spacial score (nSPS) is 10.6. The molecule has 2 N–H and O–H groups in total. The van der Waals surface area contributed by atoms with Crippen LogP contribution in [0.4, 0.5) is 5.95 Å². The molecule has 0 aromatic carbocycles. The first-order valence-corrected chi connectivity index (χ1v) is 5.41. The number of nitrogens with two attached hydrogens (primary N) is 1. The predicted molar refractivity (Wildman–Crippen MR) is 64.1 cm³/mol. The lowest BCUT2D eigenvalue weighted by Gasteiger charge is -2.16. The lowest BCUT2D eigenvalue weighted by Crippen LogP contribution is -2.30. The van der Waals surface area contributed by atoms with Gasteiger partial charge in [-0.05, 0) is 0 Å².